The molecule has 3 aromatic rings. The van der Waals surface area contributed by atoms with Crippen molar-refractivity contribution in [3.05, 3.63) is 71.1 Å². The van der Waals surface area contributed by atoms with E-state index in [1.807, 2.05) is 6.08 Å². The van der Waals surface area contributed by atoms with Crippen molar-refractivity contribution in [2.45, 2.75) is 36.9 Å². The number of allylic oxidation sites excluding steroid dienone is 1. The number of alkyl halides is 3. The number of esters is 1. The number of hydrogen-bond donors (Lipinski definition) is 0. The Bertz CT molecular complexity index is 1440. The highest BCUT2D eigenvalue weighted by Crippen LogP contribution is 2.27. The fourth-order valence-electron chi connectivity index (χ4n) is 3.89. The molecule has 0 spiro atoms. The summed E-state index contributed by atoms with van der Waals surface area (Å²) in [6.07, 6.45) is 3.01. The highest BCUT2D eigenvalue weighted by atomic mass is 32.2. The summed E-state index contributed by atoms with van der Waals surface area (Å²) in [7, 11) is -0.373. The summed E-state index contributed by atoms with van der Waals surface area (Å²) < 4.78 is 62.8. The van der Waals surface area contributed by atoms with Crippen molar-refractivity contribution in [2.24, 2.45) is 0 Å². The molecule has 0 aromatic carbocycles. The van der Waals surface area contributed by atoms with Gasteiger partial charge in [0.2, 0.25) is 5.16 Å². The number of pyridine rings is 2. The van der Waals surface area contributed by atoms with Crippen LogP contribution in [0.15, 0.2) is 47.9 Å². The number of carbonyl (C=O) groups is 2. The fraction of sp³-hybridized carbons (Fsp3) is 0.346. The molecule has 0 aliphatic heterocycles. The van der Waals surface area contributed by atoms with E-state index >= 15 is 0 Å². The first-order valence-corrected chi connectivity index (χ1v) is 13.5. The maximum absolute atomic E-state index is 13.5. The molecular formula is C26H26F3N5O5S. The Labute approximate surface area is 230 Å². The van der Waals surface area contributed by atoms with Crippen LogP contribution in [0.1, 0.15) is 39.6 Å². The van der Waals surface area contributed by atoms with Crippen LogP contribution in [-0.4, -0.2) is 73.6 Å². The first-order chi connectivity index (χ1) is 19.0. The van der Waals surface area contributed by atoms with Crippen LogP contribution < -0.4 is 4.74 Å². The van der Waals surface area contributed by atoms with Crippen LogP contribution in [0, 0.1) is 6.92 Å². The van der Waals surface area contributed by atoms with Crippen LogP contribution >= 0.6 is 0 Å². The molecule has 0 saturated heterocycles. The van der Waals surface area contributed by atoms with Gasteiger partial charge in [-0.1, -0.05) is 12.1 Å². The van der Waals surface area contributed by atoms with E-state index in [0.717, 1.165) is 0 Å². The number of fused-ring (bicyclic) bond motifs is 1. The fourth-order valence-corrected chi connectivity index (χ4v) is 5.15. The third-order valence-corrected chi connectivity index (χ3v) is 7.19. The number of imidazole rings is 1. The molecule has 3 heterocycles. The van der Waals surface area contributed by atoms with Crippen molar-refractivity contribution in [1.29, 1.82) is 0 Å². The molecule has 212 valence electrons. The lowest BCUT2D eigenvalue weighted by molar-refractivity contribution is -0.153. The zero-order valence-corrected chi connectivity index (χ0v) is 22.5. The Kier molecular flexibility index (Phi) is 8.97. The standard InChI is InChI=1S/C26H26F3N5O5S/c1-17-20(31-12-10-22(17)39-16-26(27,28)29)15-40(37)24-32-18-7-3-4-9-21(18)34(24)25(36)33(2)13-14-38-23(35)19-8-5-6-11-30-19/h3,5-8,10-12H,4,9,13-16H2,1-2H3/t40-/m1/s1. The molecule has 0 unspecified atom stereocenters. The molecule has 1 aliphatic carbocycles. The van der Waals surface area contributed by atoms with Crippen LogP contribution in [0.4, 0.5) is 18.0 Å². The van der Waals surface area contributed by atoms with E-state index in [0.29, 0.717) is 29.8 Å². The molecule has 1 aliphatic rings. The Morgan fingerprint density at radius 2 is 1.98 bits per heavy atom. The van der Waals surface area contributed by atoms with Gasteiger partial charge in [-0.15, -0.1) is 0 Å². The van der Waals surface area contributed by atoms with Gasteiger partial charge in [-0.25, -0.2) is 24.1 Å². The van der Waals surface area contributed by atoms with Gasteiger partial charge in [-0.2, -0.15) is 13.2 Å². The minimum atomic E-state index is -4.51. The van der Waals surface area contributed by atoms with Crippen molar-refractivity contribution in [3.8, 4) is 5.75 Å². The molecule has 14 heteroatoms. The molecule has 4 rings (SSSR count). The second-order valence-electron chi connectivity index (χ2n) is 8.83. The number of aromatic nitrogens is 4. The van der Waals surface area contributed by atoms with Crippen LogP contribution in [-0.2, 0) is 27.7 Å². The van der Waals surface area contributed by atoms with Crippen molar-refractivity contribution < 1.29 is 36.4 Å². The SMILES string of the molecule is Cc1c(OCC(F)(F)F)ccnc1C[S@@](=O)c1nc2c(n1C(=O)N(C)CCOC(=O)c1ccccn1)CCC=C2. The van der Waals surface area contributed by atoms with E-state index in [9.17, 15) is 27.0 Å². The molecular weight excluding hydrogens is 551 g/mol. The van der Waals surface area contributed by atoms with Gasteiger partial charge < -0.3 is 14.4 Å². The number of nitrogens with zero attached hydrogens (tertiary/aromatic N) is 5. The van der Waals surface area contributed by atoms with E-state index in [-0.39, 0.29) is 41.2 Å². The first-order valence-electron chi connectivity index (χ1n) is 12.2. The summed E-state index contributed by atoms with van der Waals surface area (Å²) in [5.74, 6) is -0.855. The second-order valence-corrected chi connectivity index (χ2v) is 10.2. The highest BCUT2D eigenvalue weighted by Gasteiger charge is 2.30. The molecule has 40 heavy (non-hydrogen) atoms. The van der Waals surface area contributed by atoms with Crippen molar-refractivity contribution >= 4 is 28.9 Å². The quantitative estimate of drug-likeness (QED) is 0.351. The predicted octanol–water partition coefficient (Wildman–Crippen LogP) is 3.95. The van der Waals surface area contributed by atoms with Crippen molar-refractivity contribution in [3.63, 3.8) is 0 Å². The van der Waals surface area contributed by atoms with Gasteiger partial charge in [-0.05, 0) is 44.0 Å². The van der Waals surface area contributed by atoms with Gasteiger partial charge in [0.1, 0.15) is 18.1 Å². The van der Waals surface area contributed by atoms with E-state index < -0.39 is 35.6 Å². The molecule has 10 nitrogen and oxygen atoms in total. The van der Waals surface area contributed by atoms with E-state index in [4.69, 9.17) is 9.47 Å². The molecule has 1 amide bonds. The average molecular weight is 578 g/mol. The maximum Gasteiger partial charge on any atom is 0.422 e. The maximum atomic E-state index is 13.5. The molecule has 0 N–H and O–H groups in total. The predicted molar refractivity (Wildman–Crippen MR) is 138 cm³/mol. The van der Waals surface area contributed by atoms with E-state index in [2.05, 4.69) is 15.0 Å². The first kappa shape index (κ1) is 28.9. The van der Waals surface area contributed by atoms with Crippen molar-refractivity contribution in [2.75, 3.05) is 26.8 Å². The third-order valence-electron chi connectivity index (χ3n) is 5.97. The van der Waals surface area contributed by atoms with Gasteiger partial charge in [0.15, 0.2) is 6.61 Å². The second kappa shape index (κ2) is 12.4. The van der Waals surface area contributed by atoms with Gasteiger partial charge in [0.05, 0.1) is 40.2 Å². The monoisotopic (exact) mass is 577 g/mol. The summed E-state index contributed by atoms with van der Waals surface area (Å²) in [4.78, 5) is 39.5. The minimum Gasteiger partial charge on any atom is -0.484 e. The zero-order valence-electron chi connectivity index (χ0n) is 21.7. The lowest BCUT2D eigenvalue weighted by Crippen LogP contribution is -2.36. The van der Waals surface area contributed by atoms with Crippen LogP contribution in [0.25, 0.3) is 6.08 Å². The Balaban J connectivity index is 1.51. The summed E-state index contributed by atoms with van der Waals surface area (Å²) in [6, 6.07) is 5.62. The van der Waals surface area contributed by atoms with E-state index in [1.54, 1.807) is 18.2 Å². The number of halogens is 3. The van der Waals surface area contributed by atoms with Gasteiger partial charge in [0, 0.05) is 25.0 Å². The number of carbonyl (C=O) groups excluding carboxylic acids is 2. The third kappa shape index (κ3) is 6.92. The molecule has 1 atom stereocenters. The summed E-state index contributed by atoms with van der Waals surface area (Å²) in [6.45, 7) is 0.00470. The van der Waals surface area contributed by atoms with Crippen LogP contribution in [0.2, 0.25) is 0 Å². The lowest BCUT2D eigenvalue weighted by Gasteiger charge is -2.20. The largest absolute Gasteiger partial charge is 0.484 e. The van der Waals surface area contributed by atoms with E-state index in [1.165, 1.54) is 48.0 Å². The average Bonchev–Trinajstić information content (AvgIpc) is 3.32. The molecule has 0 fully saturated rings. The summed E-state index contributed by atoms with van der Waals surface area (Å²) in [5, 5.41) is -0.0123. The summed E-state index contributed by atoms with van der Waals surface area (Å²) in [5.41, 5.74) is 1.79. The number of ether oxygens (including phenoxy) is 2. The molecule has 3 aromatic heterocycles. The number of likely N-dealkylation sites (N-methyl/N-ethyl adjacent to an activating group) is 1. The normalized spacial score (nSPS) is 13.4. The topological polar surface area (TPSA) is 117 Å². The van der Waals surface area contributed by atoms with Gasteiger partial charge in [0.25, 0.3) is 0 Å². The van der Waals surface area contributed by atoms with Crippen molar-refractivity contribution in [1.82, 2.24) is 24.4 Å². The molecule has 0 saturated carbocycles. The number of hydrogen-bond acceptors (Lipinski definition) is 8. The Morgan fingerprint density at radius 3 is 2.70 bits per heavy atom. The number of rotatable bonds is 9. The van der Waals surface area contributed by atoms with Crippen LogP contribution in [0.3, 0.4) is 0 Å². The van der Waals surface area contributed by atoms with Crippen LogP contribution in [0.5, 0.6) is 5.75 Å². The smallest absolute Gasteiger partial charge is 0.422 e. The Morgan fingerprint density at radius 1 is 1.18 bits per heavy atom. The zero-order chi connectivity index (χ0) is 28.9. The van der Waals surface area contributed by atoms with Gasteiger partial charge >= 0.3 is 18.2 Å². The summed E-state index contributed by atoms with van der Waals surface area (Å²) >= 11 is 0. The molecule has 0 radical (unpaired) electrons. The molecule has 0 bridgehead atoms. The number of amides is 1. The highest BCUT2D eigenvalue weighted by molar-refractivity contribution is 7.84. The lowest BCUT2D eigenvalue weighted by atomic mass is 10.1. The minimum absolute atomic E-state index is 0.0123. The van der Waals surface area contributed by atoms with Gasteiger partial charge in [-0.3, -0.25) is 9.19 Å². The Hall–Kier alpha value is -4.07.